The Kier molecular flexibility index (Phi) is 6.67. The van der Waals surface area contributed by atoms with Gasteiger partial charge in [0.15, 0.2) is 17.7 Å². The molecule has 0 aliphatic carbocycles. The summed E-state index contributed by atoms with van der Waals surface area (Å²) in [6, 6.07) is 9.57. The highest BCUT2D eigenvalue weighted by Crippen LogP contribution is 2.33. The molecule has 0 fully saturated rings. The molecule has 0 saturated carbocycles. The molecule has 3 rings (SSSR count). The highest BCUT2D eigenvalue weighted by molar-refractivity contribution is 6.30. The van der Waals surface area contributed by atoms with Gasteiger partial charge in [0, 0.05) is 29.1 Å². The van der Waals surface area contributed by atoms with Crippen molar-refractivity contribution in [3.05, 3.63) is 82.9 Å². The van der Waals surface area contributed by atoms with E-state index in [0.29, 0.717) is 35.2 Å². The van der Waals surface area contributed by atoms with Gasteiger partial charge in [0.1, 0.15) is 17.3 Å². The number of benzene rings is 2. The quantitative estimate of drug-likeness (QED) is 0.456. The lowest BCUT2D eigenvalue weighted by molar-refractivity contribution is 0.156. The van der Waals surface area contributed by atoms with E-state index in [1.807, 2.05) is 19.1 Å². The van der Waals surface area contributed by atoms with Crippen LogP contribution in [0.5, 0.6) is 5.75 Å². The number of halogens is 3. The van der Waals surface area contributed by atoms with Crippen molar-refractivity contribution in [2.75, 3.05) is 0 Å². The maximum Gasteiger partial charge on any atom is 0.236 e. The summed E-state index contributed by atoms with van der Waals surface area (Å²) < 4.78 is 39.9. The van der Waals surface area contributed by atoms with E-state index in [1.165, 1.54) is 6.07 Å². The zero-order chi connectivity index (χ0) is 21.0. The lowest BCUT2D eigenvalue weighted by Crippen LogP contribution is -2.11. The Hall–Kier alpha value is -2.70. The van der Waals surface area contributed by atoms with Crippen LogP contribution in [0.15, 0.2) is 53.5 Å². The van der Waals surface area contributed by atoms with E-state index in [0.717, 1.165) is 11.6 Å². The molecule has 29 heavy (non-hydrogen) atoms. The predicted octanol–water partition coefficient (Wildman–Crippen LogP) is 5.99. The molecular formula is C22H21ClF2N2O2. The second-order valence-corrected chi connectivity index (χ2v) is 6.82. The van der Waals surface area contributed by atoms with Crippen LogP contribution in [0, 0.1) is 11.6 Å². The third-order valence-corrected chi connectivity index (χ3v) is 4.68. The van der Waals surface area contributed by atoms with Crippen LogP contribution in [-0.2, 0) is 13.0 Å². The molecule has 0 radical (unpaired) electrons. The Balaban J connectivity index is 1.97. The molecule has 0 saturated heterocycles. The molecule has 0 bridgehead atoms. The zero-order valence-electron chi connectivity index (χ0n) is 15.9. The molecule has 0 aliphatic rings. The van der Waals surface area contributed by atoms with Crippen LogP contribution in [0.4, 0.5) is 8.78 Å². The zero-order valence-corrected chi connectivity index (χ0v) is 16.7. The Morgan fingerprint density at radius 3 is 2.59 bits per heavy atom. The van der Waals surface area contributed by atoms with Crippen molar-refractivity contribution in [3.63, 3.8) is 0 Å². The average molecular weight is 419 g/mol. The molecule has 7 heteroatoms. The van der Waals surface area contributed by atoms with Crippen molar-refractivity contribution in [3.8, 4) is 17.0 Å². The van der Waals surface area contributed by atoms with Gasteiger partial charge in [-0.2, -0.15) is 0 Å². The van der Waals surface area contributed by atoms with Crippen LogP contribution in [0.25, 0.3) is 11.3 Å². The minimum atomic E-state index is -0.818. The van der Waals surface area contributed by atoms with Crippen molar-refractivity contribution in [2.24, 2.45) is 5.73 Å². The van der Waals surface area contributed by atoms with Gasteiger partial charge in [-0.3, -0.25) is 0 Å². The standard InChI is InChI=1S/C22H21ClF2N2O2/c1-3-5-19-21(13-6-8-14(23)9-7-13)27-22(29-19)17(4-2)28-18-11-10-16(24)15(12-26)20(18)25/h3,6-11,17H,1,4-5,12,26H2,2H3. The normalized spacial score (nSPS) is 12.0. The van der Waals surface area contributed by atoms with Crippen molar-refractivity contribution >= 4 is 11.6 Å². The Bertz CT molecular complexity index is 1000. The Morgan fingerprint density at radius 1 is 1.24 bits per heavy atom. The second kappa shape index (κ2) is 9.20. The van der Waals surface area contributed by atoms with Crippen LogP contribution in [0.1, 0.15) is 36.7 Å². The van der Waals surface area contributed by atoms with Crippen LogP contribution >= 0.6 is 11.6 Å². The summed E-state index contributed by atoms with van der Waals surface area (Å²) in [5.41, 5.74) is 6.69. The second-order valence-electron chi connectivity index (χ2n) is 6.38. The number of hydrogen-bond donors (Lipinski definition) is 1. The third kappa shape index (κ3) is 4.49. The number of ether oxygens (including phenoxy) is 1. The fourth-order valence-electron chi connectivity index (χ4n) is 2.93. The molecular weight excluding hydrogens is 398 g/mol. The third-order valence-electron chi connectivity index (χ3n) is 4.43. The summed E-state index contributed by atoms with van der Waals surface area (Å²) >= 11 is 5.97. The van der Waals surface area contributed by atoms with E-state index in [9.17, 15) is 8.78 Å². The van der Waals surface area contributed by atoms with Crippen molar-refractivity contribution in [2.45, 2.75) is 32.4 Å². The van der Waals surface area contributed by atoms with E-state index < -0.39 is 17.7 Å². The number of nitrogens with zero attached hydrogens (tertiary/aromatic N) is 1. The SMILES string of the molecule is C=CCc1oc(C(CC)Oc2ccc(F)c(CN)c2F)nc1-c1ccc(Cl)cc1. The van der Waals surface area contributed by atoms with Gasteiger partial charge >= 0.3 is 0 Å². The summed E-state index contributed by atoms with van der Waals surface area (Å²) in [5.74, 6) is -0.717. The van der Waals surface area contributed by atoms with E-state index in [4.69, 9.17) is 26.5 Å². The van der Waals surface area contributed by atoms with Gasteiger partial charge in [-0.15, -0.1) is 6.58 Å². The topological polar surface area (TPSA) is 61.3 Å². The van der Waals surface area contributed by atoms with Gasteiger partial charge in [-0.05, 0) is 30.7 Å². The fraction of sp³-hybridized carbons (Fsp3) is 0.227. The predicted molar refractivity (Wildman–Crippen MR) is 109 cm³/mol. The van der Waals surface area contributed by atoms with Gasteiger partial charge in [0.05, 0.1) is 0 Å². The Morgan fingerprint density at radius 2 is 1.97 bits per heavy atom. The minimum absolute atomic E-state index is 0.102. The summed E-state index contributed by atoms with van der Waals surface area (Å²) in [4.78, 5) is 4.58. The molecule has 152 valence electrons. The number of rotatable bonds is 8. The van der Waals surface area contributed by atoms with Crippen molar-refractivity contribution in [1.82, 2.24) is 4.98 Å². The largest absolute Gasteiger partial charge is 0.478 e. The van der Waals surface area contributed by atoms with E-state index in [-0.39, 0.29) is 17.9 Å². The molecule has 2 aromatic carbocycles. The summed E-state index contributed by atoms with van der Waals surface area (Å²) in [7, 11) is 0. The average Bonchev–Trinajstić information content (AvgIpc) is 3.12. The van der Waals surface area contributed by atoms with Gasteiger partial charge in [0.25, 0.3) is 0 Å². The molecule has 3 aromatic rings. The number of oxazole rings is 1. The first-order chi connectivity index (χ1) is 14.0. The lowest BCUT2D eigenvalue weighted by Gasteiger charge is -2.16. The van der Waals surface area contributed by atoms with E-state index in [1.54, 1.807) is 18.2 Å². The highest BCUT2D eigenvalue weighted by Gasteiger charge is 2.24. The number of allylic oxidation sites excluding steroid dienone is 1. The number of aromatic nitrogens is 1. The number of nitrogens with two attached hydrogens (primary N) is 1. The molecule has 1 heterocycles. The monoisotopic (exact) mass is 418 g/mol. The van der Waals surface area contributed by atoms with Gasteiger partial charge in [0.2, 0.25) is 5.89 Å². The first-order valence-corrected chi connectivity index (χ1v) is 9.56. The number of hydrogen-bond acceptors (Lipinski definition) is 4. The molecule has 0 aliphatic heterocycles. The van der Waals surface area contributed by atoms with Crippen molar-refractivity contribution in [1.29, 1.82) is 0 Å². The molecule has 0 spiro atoms. The fourth-order valence-corrected chi connectivity index (χ4v) is 3.05. The minimum Gasteiger partial charge on any atom is -0.478 e. The molecule has 1 aromatic heterocycles. The highest BCUT2D eigenvalue weighted by atomic mass is 35.5. The molecule has 2 N–H and O–H groups in total. The molecule has 4 nitrogen and oxygen atoms in total. The summed E-state index contributed by atoms with van der Waals surface area (Å²) in [6.45, 7) is 5.34. The smallest absolute Gasteiger partial charge is 0.236 e. The molecule has 1 atom stereocenters. The first-order valence-electron chi connectivity index (χ1n) is 9.18. The van der Waals surface area contributed by atoms with Gasteiger partial charge in [-0.1, -0.05) is 36.7 Å². The molecule has 1 unspecified atom stereocenters. The van der Waals surface area contributed by atoms with Crippen molar-refractivity contribution < 1.29 is 17.9 Å². The van der Waals surface area contributed by atoms with Crippen LogP contribution in [0.3, 0.4) is 0 Å². The van der Waals surface area contributed by atoms with Crippen LogP contribution < -0.4 is 10.5 Å². The first kappa shape index (κ1) is 21.0. The van der Waals surface area contributed by atoms with Gasteiger partial charge in [-0.25, -0.2) is 13.8 Å². The maximum atomic E-state index is 14.5. The maximum absolute atomic E-state index is 14.5. The van der Waals surface area contributed by atoms with Crippen LogP contribution in [0.2, 0.25) is 5.02 Å². The lowest BCUT2D eigenvalue weighted by atomic mass is 10.1. The van der Waals surface area contributed by atoms with E-state index >= 15 is 0 Å². The van der Waals surface area contributed by atoms with E-state index in [2.05, 4.69) is 11.6 Å². The van der Waals surface area contributed by atoms with Crippen LogP contribution in [-0.4, -0.2) is 4.98 Å². The summed E-state index contributed by atoms with van der Waals surface area (Å²) in [6.07, 6.45) is 1.97. The van der Waals surface area contributed by atoms with Gasteiger partial charge < -0.3 is 14.9 Å². The summed E-state index contributed by atoms with van der Waals surface area (Å²) in [5, 5.41) is 0.611. The molecule has 0 amide bonds. The Labute approximate surface area is 173 Å².